The smallest absolute Gasteiger partial charge is 0.337 e. The van der Waals surface area contributed by atoms with Crippen molar-refractivity contribution >= 4 is 21.9 Å². The van der Waals surface area contributed by atoms with Gasteiger partial charge in [0, 0.05) is 12.7 Å². The number of hydrogen-bond acceptors (Lipinski definition) is 1. The van der Waals surface area contributed by atoms with Crippen LogP contribution in [0.25, 0.3) is 0 Å². The average molecular weight is 250 g/mol. The van der Waals surface area contributed by atoms with Crippen LogP contribution in [-0.2, 0) is 6.54 Å². The summed E-state index contributed by atoms with van der Waals surface area (Å²) in [6.45, 7) is 0.0946. The highest BCUT2D eigenvalue weighted by molar-refractivity contribution is 9.10. The van der Waals surface area contributed by atoms with Crippen LogP contribution >= 0.6 is 15.9 Å². The first-order chi connectivity index (χ1) is 6.15. The second kappa shape index (κ2) is 4.41. The van der Waals surface area contributed by atoms with Crippen molar-refractivity contribution in [1.29, 1.82) is 0 Å². The van der Waals surface area contributed by atoms with Gasteiger partial charge in [-0.2, -0.15) is 0 Å². The topological polar surface area (TPSA) is 42.2 Å². The zero-order chi connectivity index (χ0) is 9.84. The summed E-state index contributed by atoms with van der Waals surface area (Å²) in [4.78, 5) is 10.5. The Morgan fingerprint density at radius 1 is 1.69 bits per heavy atom. The van der Waals surface area contributed by atoms with E-state index in [-0.39, 0.29) is 5.56 Å². The molecule has 72 valence electrons. The Morgan fingerprint density at radius 2 is 2.38 bits per heavy atom. The van der Waals surface area contributed by atoms with Crippen LogP contribution in [0.15, 0.2) is 16.9 Å². The largest absolute Gasteiger partial charge is 0.478 e. The Labute approximate surface area is 83.3 Å². The molecule has 0 unspecified atom stereocenters. The highest BCUT2D eigenvalue weighted by atomic mass is 79.9. The summed E-state index contributed by atoms with van der Waals surface area (Å²) < 4.78 is 14.2. The van der Waals surface area contributed by atoms with Gasteiger partial charge in [0.05, 0.1) is 16.8 Å². The number of carbonyl (C=O) groups is 1. The number of aryl methyl sites for hydroxylation is 1. The third-order valence-corrected chi connectivity index (χ3v) is 2.31. The first-order valence-electron chi connectivity index (χ1n) is 3.80. The predicted molar refractivity (Wildman–Crippen MR) is 49.7 cm³/mol. The molecule has 0 spiro atoms. The van der Waals surface area contributed by atoms with Gasteiger partial charge in [0.25, 0.3) is 0 Å². The van der Waals surface area contributed by atoms with Crippen molar-refractivity contribution in [2.24, 2.45) is 0 Å². The molecule has 0 saturated heterocycles. The molecule has 5 heteroatoms. The number of halogens is 2. The summed E-state index contributed by atoms with van der Waals surface area (Å²) in [6.07, 6.45) is 1.88. The molecule has 0 atom stereocenters. The number of alkyl halides is 1. The fourth-order valence-electron chi connectivity index (χ4n) is 0.996. The second-order valence-corrected chi connectivity index (χ2v) is 3.41. The highest BCUT2D eigenvalue weighted by Gasteiger charge is 2.08. The Kier molecular flexibility index (Phi) is 3.48. The van der Waals surface area contributed by atoms with Gasteiger partial charge in [-0.3, -0.25) is 4.39 Å². The van der Waals surface area contributed by atoms with Gasteiger partial charge < -0.3 is 9.67 Å². The van der Waals surface area contributed by atoms with Gasteiger partial charge in [-0.15, -0.1) is 0 Å². The van der Waals surface area contributed by atoms with Crippen molar-refractivity contribution in [2.75, 3.05) is 6.67 Å². The molecule has 1 heterocycles. The van der Waals surface area contributed by atoms with Crippen molar-refractivity contribution in [3.05, 3.63) is 22.4 Å². The molecule has 0 fully saturated rings. The normalized spacial score (nSPS) is 10.3. The third kappa shape index (κ3) is 2.55. The van der Waals surface area contributed by atoms with Gasteiger partial charge in [0.15, 0.2) is 0 Å². The van der Waals surface area contributed by atoms with Crippen molar-refractivity contribution in [1.82, 2.24) is 4.57 Å². The second-order valence-electron chi connectivity index (χ2n) is 2.59. The van der Waals surface area contributed by atoms with E-state index in [1.54, 1.807) is 4.57 Å². The van der Waals surface area contributed by atoms with Crippen LogP contribution < -0.4 is 0 Å². The van der Waals surface area contributed by atoms with Gasteiger partial charge in [0.1, 0.15) is 0 Å². The van der Waals surface area contributed by atoms with E-state index < -0.39 is 12.6 Å². The van der Waals surface area contributed by atoms with E-state index in [4.69, 9.17) is 5.11 Å². The number of carboxylic acids is 1. The van der Waals surface area contributed by atoms with Crippen molar-refractivity contribution in [2.45, 2.75) is 13.0 Å². The first-order valence-corrected chi connectivity index (χ1v) is 4.59. The molecule has 0 aliphatic rings. The van der Waals surface area contributed by atoms with Crippen LogP contribution in [0.3, 0.4) is 0 Å². The molecule has 1 aromatic heterocycles. The van der Waals surface area contributed by atoms with Gasteiger partial charge in [-0.05, 0) is 28.4 Å². The van der Waals surface area contributed by atoms with Crippen molar-refractivity contribution < 1.29 is 14.3 Å². The molecule has 0 radical (unpaired) electrons. The predicted octanol–water partition coefficient (Wildman–Crippen LogP) is 2.31. The van der Waals surface area contributed by atoms with E-state index in [0.717, 1.165) is 0 Å². The summed E-state index contributed by atoms with van der Waals surface area (Å²) in [5, 5.41) is 8.64. The van der Waals surface area contributed by atoms with E-state index >= 15 is 0 Å². The molecule has 0 aromatic carbocycles. The number of carboxylic acid groups (broad SMARTS) is 1. The van der Waals surface area contributed by atoms with Crippen molar-refractivity contribution in [3.63, 3.8) is 0 Å². The molecule has 1 aromatic rings. The molecule has 1 rings (SSSR count). The molecule has 0 amide bonds. The summed E-state index contributed by atoms with van der Waals surface area (Å²) in [7, 11) is 0. The minimum Gasteiger partial charge on any atom is -0.478 e. The van der Waals surface area contributed by atoms with Crippen LogP contribution in [-0.4, -0.2) is 22.3 Å². The van der Waals surface area contributed by atoms with Crippen LogP contribution in [0.4, 0.5) is 4.39 Å². The number of rotatable bonds is 4. The zero-order valence-corrected chi connectivity index (χ0v) is 8.42. The minimum absolute atomic E-state index is 0.214. The lowest BCUT2D eigenvalue weighted by Gasteiger charge is -2.00. The lowest BCUT2D eigenvalue weighted by molar-refractivity contribution is 0.0697. The summed E-state index contributed by atoms with van der Waals surface area (Å²) >= 11 is 3.19. The maximum atomic E-state index is 11.8. The molecule has 13 heavy (non-hydrogen) atoms. The monoisotopic (exact) mass is 249 g/mol. The molecule has 0 aliphatic carbocycles. The number of hydrogen-bond donors (Lipinski definition) is 1. The Bertz CT molecular complexity index is 311. The van der Waals surface area contributed by atoms with Gasteiger partial charge in [-0.1, -0.05) is 0 Å². The molecular weight excluding hydrogens is 241 g/mol. The average Bonchev–Trinajstić information content (AvgIpc) is 2.44. The Hall–Kier alpha value is -0.840. The van der Waals surface area contributed by atoms with E-state index in [2.05, 4.69) is 15.9 Å². The minimum atomic E-state index is -0.973. The van der Waals surface area contributed by atoms with Crippen LogP contribution in [0.2, 0.25) is 0 Å². The van der Waals surface area contributed by atoms with Gasteiger partial charge in [-0.25, -0.2) is 4.79 Å². The molecule has 0 saturated carbocycles. The molecule has 0 aliphatic heterocycles. The maximum Gasteiger partial charge on any atom is 0.337 e. The number of aromatic nitrogens is 1. The zero-order valence-electron chi connectivity index (χ0n) is 6.83. The lowest BCUT2D eigenvalue weighted by Crippen LogP contribution is -1.98. The fraction of sp³-hybridized carbons (Fsp3) is 0.375. The Balaban J connectivity index is 2.77. The van der Waals surface area contributed by atoms with E-state index in [1.165, 1.54) is 12.3 Å². The fourth-order valence-corrected chi connectivity index (χ4v) is 1.52. The molecule has 0 bridgehead atoms. The van der Waals surface area contributed by atoms with Crippen molar-refractivity contribution in [3.8, 4) is 0 Å². The van der Waals surface area contributed by atoms with Gasteiger partial charge in [0.2, 0.25) is 0 Å². The van der Waals surface area contributed by atoms with E-state index in [0.29, 0.717) is 17.6 Å². The molecule has 3 nitrogen and oxygen atoms in total. The van der Waals surface area contributed by atoms with E-state index in [9.17, 15) is 9.18 Å². The molecular formula is C8H9BrFNO2. The number of aromatic carboxylic acids is 1. The summed E-state index contributed by atoms with van der Waals surface area (Å²) in [5.74, 6) is -0.973. The van der Waals surface area contributed by atoms with Crippen LogP contribution in [0.1, 0.15) is 16.8 Å². The first kappa shape index (κ1) is 10.2. The Morgan fingerprint density at radius 3 is 2.85 bits per heavy atom. The number of nitrogens with zero attached hydrogens (tertiary/aromatic N) is 1. The quantitative estimate of drug-likeness (QED) is 0.890. The van der Waals surface area contributed by atoms with E-state index in [1.807, 2.05) is 0 Å². The third-order valence-electron chi connectivity index (χ3n) is 1.62. The highest BCUT2D eigenvalue weighted by Crippen LogP contribution is 2.15. The summed E-state index contributed by atoms with van der Waals surface area (Å²) in [5.41, 5.74) is 0.214. The maximum absolute atomic E-state index is 11.8. The van der Waals surface area contributed by atoms with Gasteiger partial charge >= 0.3 is 5.97 Å². The van der Waals surface area contributed by atoms with Crippen LogP contribution in [0.5, 0.6) is 0 Å². The lowest BCUT2D eigenvalue weighted by atomic mass is 10.3. The SMILES string of the molecule is O=C(O)c1cc(Br)n(CCCF)c1. The van der Waals surface area contributed by atoms with Crippen LogP contribution in [0, 0.1) is 0 Å². The standard InChI is InChI=1S/C8H9BrFNO2/c9-7-4-6(8(12)13)5-11(7)3-1-2-10/h4-5H,1-3H2,(H,12,13). The summed E-state index contributed by atoms with van der Waals surface area (Å²) in [6, 6.07) is 1.50. The molecule has 1 N–H and O–H groups in total.